The molecule has 0 aromatic heterocycles. The minimum absolute atomic E-state index is 0. The zero-order valence-electron chi connectivity index (χ0n) is 20.4. The number of rotatable bonds is 4. The summed E-state index contributed by atoms with van der Waals surface area (Å²) in [4.78, 5) is 13.6. The van der Waals surface area contributed by atoms with Crippen LogP contribution in [0, 0.1) is 49.8 Å². The molecule has 1 saturated carbocycles. The van der Waals surface area contributed by atoms with Crippen LogP contribution in [0.5, 0.6) is 0 Å². The quantitative estimate of drug-likeness (QED) is 0.320. The van der Waals surface area contributed by atoms with E-state index in [1.165, 1.54) is 0 Å². The van der Waals surface area contributed by atoms with Crippen LogP contribution in [0.4, 0.5) is 0 Å². The number of carbonyl (C=O) groups excluding carboxylic acids is 1. The van der Waals surface area contributed by atoms with Crippen molar-refractivity contribution in [2.75, 3.05) is 13.1 Å². The van der Waals surface area contributed by atoms with Gasteiger partial charge in [0, 0.05) is 36.0 Å². The van der Waals surface area contributed by atoms with Gasteiger partial charge in [0.15, 0.2) is 0 Å². The van der Waals surface area contributed by atoms with Crippen LogP contribution in [-0.2, 0) is 45.8 Å². The maximum Gasteiger partial charge on any atom is 2.00 e. The molecule has 0 amide bonds. The van der Waals surface area contributed by atoms with Crippen LogP contribution in [0.2, 0.25) is 39.3 Å². The second kappa shape index (κ2) is 13.9. The third-order valence-electron chi connectivity index (χ3n) is 5.25. The van der Waals surface area contributed by atoms with Crippen molar-refractivity contribution in [3.63, 3.8) is 0 Å². The van der Waals surface area contributed by atoms with Gasteiger partial charge < -0.3 is 0 Å². The van der Waals surface area contributed by atoms with Crippen molar-refractivity contribution < 1.29 is 44.2 Å². The van der Waals surface area contributed by atoms with E-state index in [1.807, 2.05) is 19.1 Å². The van der Waals surface area contributed by atoms with Crippen molar-refractivity contribution in [2.24, 2.45) is 0 Å². The molecular weight excluding hydrogens is 530 g/mol. The molecule has 1 aromatic carbocycles. The summed E-state index contributed by atoms with van der Waals surface area (Å²) in [6.07, 6.45) is 0. The van der Waals surface area contributed by atoms with Gasteiger partial charge in [-0.25, -0.2) is 8.42 Å². The number of sulfonamides is 1. The Labute approximate surface area is 216 Å². The second-order valence-electron chi connectivity index (χ2n) is 9.62. The summed E-state index contributed by atoms with van der Waals surface area (Å²) < 4.78 is 50.4. The number of benzene rings is 1. The largest absolute Gasteiger partial charge is 2.00 e. The van der Waals surface area contributed by atoms with Gasteiger partial charge in [-0.1, -0.05) is 57.0 Å². The fraction of sp³-hybridized carbons (Fsp3) is 0.391. The summed E-state index contributed by atoms with van der Waals surface area (Å²) in [5.74, 6) is 2.23. The standard InChI is InChI=1S/C20H29NO3SSi2.3CO.Fe/c1-14-8-10-15(11-9-14)25(23,24)21-12-16-17(13-21)20(27(5,6)7)18(22)19(16)26(2,3)4;3*1-2;/h8-11H,12-13H2,1-7H3;;;;/q;;;;+2. The van der Waals surface area contributed by atoms with Crippen molar-refractivity contribution >= 4 is 32.0 Å². The molecule has 0 N–H and O–H groups in total. The fourth-order valence-corrected chi connectivity index (χ4v) is 9.46. The van der Waals surface area contributed by atoms with Gasteiger partial charge in [-0.05, 0) is 19.1 Å². The molecular formula is C23H29FeNO6SSi2+2. The Morgan fingerprint density at radius 3 is 1.38 bits per heavy atom. The average Bonchev–Trinajstić information content (AvgIpc) is 3.27. The molecule has 1 aliphatic heterocycles. The summed E-state index contributed by atoms with van der Waals surface area (Å²) in [6.45, 7) is 29.1. The Kier molecular flexibility index (Phi) is 14.4. The first-order valence-electron chi connectivity index (χ1n) is 9.95. The molecule has 0 spiro atoms. The minimum Gasteiger partial charge on any atom is 2.00 e. The molecule has 1 aliphatic carbocycles. The normalized spacial score (nSPS) is 17.6. The first kappa shape index (κ1) is 35.1. The van der Waals surface area contributed by atoms with Gasteiger partial charge in [-0.15, -0.1) is 0 Å². The summed E-state index contributed by atoms with van der Waals surface area (Å²) in [5.41, 5.74) is 2.92. The summed E-state index contributed by atoms with van der Waals surface area (Å²) in [5, 5.41) is 0. The molecule has 0 unspecified atom stereocenters. The summed E-state index contributed by atoms with van der Waals surface area (Å²) in [7, 11) is -7.33. The Morgan fingerprint density at radius 2 is 1.09 bits per heavy atom. The number of Topliss-reactive ketones (excluding diaryl/α,β-unsaturated/α-hetero) is 1. The molecule has 34 heavy (non-hydrogen) atoms. The van der Waals surface area contributed by atoms with E-state index < -0.39 is 26.2 Å². The van der Waals surface area contributed by atoms with Crippen molar-refractivity contribution in [1.29, 1.82) is 0 Å². The van der Waals surface area contributed by atoms with E-state index >= 15 is 0 Å². The van der Waals surface area contributed by atoms with Gasteiger partial charge in [0.05, 0.1) is 21.0 Å². The summed E-state index contributed by atoms with van der Waals surface area (Å²) >= 11 is 0. The van der Waals surface area contributed by atoms with Crippen molar-refractivity contribution in [3.8, 4) is 0 Å². The van der Waals surface area contributed by atoms with E-state index in [1.54, 1.807) is 16.4 Å². The van der Waals surface area contributed by atoms with Gasteiger partial charge in [0.1, 0.15) is 5.78 Å². The number of ketones is 1. The molecule has 4 radical (unpaired) electrons. The number of hydrogen-bond acceptors (Lipinski definition) is 3. The van der Waals surface area contributed by atoms with E-state index in [2.05, 4.69) is 59.2 Å². The molecule has 3 rings (SSSR count). The number of carbonyl (C=O) groups is 1. The topological polar surface area (TPSA) is 114 Å². The molecule has 7 nitrogen and oxygen atoms in total. The van der Waals surface area contributed by atoms with E-state index in [9.17, 15) is 13.2 Å². The third kappa shape index (κ3) is 7.48. The van der Waals surface area contributed by atoms with Crippen LogP contribution < -0.4 is 0 Å². The van der Waals surface area contributed by atoms with E-state index in [-0.39, 0.29) is 22.9 Å². The van der Waals surface area contributed by atoms with Gasteiger partial charge in [0.2, 0.25) is 10.0 Å². The number of fused-ring (bicyclic) bond motifs is 1. The van der Waals surface area contributed by atoms with E-state index in [4.69, 9.17) is 14.0 Å². The maximum absolute atomic E-state index is 13.3. The number of nitrogens with zero attached hydrogens (tertiary/aromatic N) is 1. The molecule has 182 valence electrons. The van der Waals surface area contributed by atoms with Gasteiger partial charge in [-0.2, -0.15) is 4.31 Å². The van der Waals surface area contributed by atoms with E-state index in [0.29, 0.717) is 18.0 Å². The summed E-state index contributed by atoms with van der Waals surface area (Å²) in [6, 6.07) is 7.00. The van der Waals surface area contributed by atoms with Crippen LogP contribution in [0.3, 0.4) is 0 Å². The van der Waals surface area contributed by atoms with Crippen LogP contribution in [0.15, 0.2) is 29.2 Å². The Bertz CT molecular complexity index is 932. The molecule has 2 fully saturated rings. The molecule has 11 heteroatoms. The molecule has 0 atom stereocenters. The molecule has 1 aromatic rings. The van der Waals surface area contributed by atoms with Gasteiger partial charge >= 0.3 is 51.0 Å². The Hall–Kier alpha value is -1.03. The van der Waals surface area contributed by atoms with Crippen molar-refractivity contribution in [3.05, 3.63) is 72.7 Å². The van der Waals surface area contributed by atoms with E-state index in [0.717, 1.165) is 28.5 Å². The zero-order chi connectivity index (χ0) is 26.4. The molecule has 2 aliphatic rings. The van der Waals surface area contributed by atoms with Crippen LogP contribution in [-0.4, -0.2) is 47.7 Å². The van der Waals surface area contributed by atoms with Crippen molar-refractivity contribution in [1.82, 2.24) is 4.31 Å². The van der Waals surface area contributed by atoms with Gasteiger partial charge in [0.25, 0.3) is 0 Å². The molecule has 1 saturated heterocycles. The van der Waals surface area contributed by atoms with Crippen LogP contribution >= 0.6 is 0 Å². The predicted octanol–water partition coefficient (Wildman–Crippen LogP) is 3.52. The van der Waals surface area contributed by atoms with Crippen LogP contribution in [0.1, 0.15) is 5.56 Å². The number of aryl methyl sites for hydroxylation is 1. The Balaban J connectivity index is 0. The van der Waals surface area contributed by atoms with Crippen LogP contribution in [0.25, 0.3) is 0 Å². The minimum atomic E-state index is -3.57. The third-order valence-corrected chi connectivity index (χ3v) is 11.1. The molecule has 0 bridgehead atoms. The average molecular weight is 560 g/mol. The number of hydrogen-bond donors (Lipinski definition) is 0. The smallest absolute Gasteiger partial charge is 2.00 e. The monoisotopic (exact) mass is 559 g/mol. The first-order chi connectivity index (χ1) is 15.2. The van der Waals surface area contributed by atoms with Gasteiger partial charge in [-0.3, -0.25) is 4.79 Å². The zero-order valence-corrected chi connectivity index (χ0v) is 24.3. The second-order valence-corrected chi connectivity index (χ2v) is 21.6. The fourth-order valence-electron chi connectivity index (χ4n) is 4.07. The van der Waals surface area contributed by atoms with Crippen molar-refractivity contribution in [2.45, 2.75) is 51.1 Å². The molecule has 1 heterocycles. The maximum atomic E-state index is 13.3. The Morgan fingerprint density at radius 1 is 0.765 bits per heavy atom. The first-order valence-corrected chi connectivity index (χ1v) is 18.4. The predicted molar refractivity (Wildman–Crippen MR) is 126 cm³/mol. The SMILES string of the molecule is Cc1ccc(S(=O)(=O)N2C[C]3[C](C2)[C]([Si](C)(C)C)C(=O)[C]3[Si](C)(C)C)cc1.[C-]#[O+].[C-]#[O+].[C-]#[O+].[Fe+2].